The number of rotatable bonds is 5. The number of nitrogens with one attached hydrogen (secondary N) is 1. The van der Waals surface area contributed by atoms with E-state index in [9.17, 15) is 18.4 Å². The summed E-state index contributed by atoms with van der Waals surface area (Å²) in [4.78, 5) is 26.0. The summed E-state index contributed by atoms with van der Waals surface area (Å²) < 4.78 is 37.0. The molecule has 9 heteroatoms. The van der Waals surface area contributed by atoms with Crippen molar-refractivity contribution in [2.45, 2.75) is 31.9 Å². The van der Waals surface area contributed by atoms with Crippen LogP contribution in [0.5, 0.6) is 0 Å². The number of piperidine rings is 1. The summed E-state index contributed by atoms with van der Waals surface area (Å²) in [5.41, 5.74) is 0.0402. The predicted octanol–water partition coefficient (Wildman–Crippen LogP) is 3.07. The van der Waals surface area contributed by atoms with Crippen molar-refractivity contribution in [2.24, 2.45) is 0 Å². The number of halogens is 2. The molecule has 2 aliphatic rings. The Kier molecular flexibility index (Phi) is 5.61. The third-order valence-corrected chi connectivity index (χ3v) is 5.60. The average molecular weight is 418 g/mol. The Morgan fingerprint density at radius 2 is 1.80 bits per heavy atom. The van der Waals surface area contributed by atoms with Gasteiger partial charge >= 0.3 is 6.09 Å². The van der Waals surface area contributed by atoms with Crippen LogP contribution < -0.4 is 15.1 Å². The van der Waals surface area contributed by atoms with Crippen LogP contribution in [0.1, 0.15) is 25.8 Å². The Morgan fingerprint density at radius 1 is 1.17 bits per heavy atom. The first-order chi connectivity index (χ1) is 14.4. The van der Waals surface area contributed by atoms with E-state index < -0.39 is 23.8 Å². The number of carbonyl (C=O) groups is 2. The molecule has 1 unspecified atom stereocenters. The molecule has 7 nitrogen and oxygen atoms in total. The summed E-state index contributed by atoms with van der Waals surface area (Å²) in [5.74, 6) is -1.66. The smallest absolute Gasteiger partial charge is 0.414 e. The number of benzene rings is 1. The molecule has 0 bridgehead atoms. The van der Waals surface area contributed by atoms with Crippen molar-refractivity contribution in [1.82, 2.24) is 9.88 Å². The molecule has 1 aromatic heterocycles. The highest BCUT2D eigenvalue weighted by Crippen LogP contribution is 2.34. The molecule has 2 saturated heterocycles. The number of ether oxygens (including phenoxy) is 1. The molecule has 2 amide bonds. The number of hydrogen-bond donors (Lipinski definition) is 1. The molecule has 0 aliphatic carbocycles. The van der Waals surface area contributed by atoms with Gasteiger partial charge in [0.25, 0.3) is 0 Å². The standard InChI is InChI=1S/C21H24F2N4O3/c1-14(28)24-12-17-13-27(21(29)30-17)16-10-18(22)20(19(23)11-16)26-8-4-15(5-9-26)25-6-2-3-7-25/h2-3,6-7,10-11,15,17H,4-5,8-9,12-13H2,1H3,(H,24,28). The molecular weight excluding hydrogens is 394 g/mol. The highest BCUT2D eigenvalue weighted by Gasteiger charge is 2.34. The van der Waals surface area contributed by atoms with Crippen molar-refractivity contribution in [1.29, 1.82) is 0 Å². The maximum absolute atomic E-state index is 14.9. The van der Waals surface area contributed by atoms with E-state index in [0.717, 1.165) is 12.8 Å². The molecule has 2 aliphatic heterocycles. The van der Waals surface area contributed by atoms with E-state index in [2.05, 4.69) is 9.88 Å². The van der Waals surface area contributed by atoms with Crippen molar-refractivity contribution in [3.8, 4) is 0 Å². The van der Waals surface area contributed by atoms with E-state index >= 15 is 0 Å². The maximum atomic E-state index is 14.9. The quantitative estimate of drug-likeness (QED) is 0.811. The lowest BCUT2D eigenvalue weighted by atomic mass is 10.0. The van der Waals surface area contributed by atoms with Crippen LogP contribution >= 0.6 is 0 Å². The number of nitrogens with zero attached hydrogens (tertiary/aromatic N) is 3. The summed E-state index contributed by atoms with van der Waals surface area (Å²) in [7, 11) is 0. The van der Waals surface area contributed by atoms with Gasteiger partial charge < -0.3 is 19.5 Å². The topological polar surface area (TPSA) is 66.8 Å². The normalized spacial score (nSPS) is 19.8. The molecule has 30 heavy (non-hydrogen) atoms. The lowest BCUT2D eigenvalue weighted by Gasteiger charge is -2.34. The van der Waals surface area contributed by atoms with Gasteiger partial charge in [-0.3, -0.25) is 9.69 Å². The minimum atomic E-state index is -0.706. The number of hydrogen-bond acceptors (Lipinski definition) is 4. The molecule has 4 rings (SSSR count). The lowest BCUT2D eigenvalue weighted by molar-refractivity contribution is -0.119. The summed E-state index contributed by atoms with van der Waals surface area (Å²) in [6.45, 7) is 2.71. The molecule has 3 heterocycles. The van der Waals surface area contributed by atoms with Crippen molar-refractivity contribution in [2.75, 3.05) is 36.0 Å². The van der Waals surface area contributed by atoms with Gasteiger partial charge in [-0.2, -0.15) is 0 Å². The summed E-state index contributed by atoms with van der Waals surface area (Å²) in [5, 5.41) is 2.57. The number of carbonyl (C=O) groups excluding carboxylic acids is 2. The van der Waals surface area contributed by atoms with Gasteiger partial charge in [0.05, 0.1) is 18.8 Å². The maximum Gasteiger partial charge on any atom is 0.414 e. The Balaban J connectivity index is 1.45. The zero-order valence-corrected chi connectivity index (χ0v) is 16.7. The second kappa shape index (κ2) is 8.33. The van der Waals surface area contributed by atoms with Gasteiger partial charge in [-0.05, 0) is 25.0 Å². The van der Waals surface area contributed by atoms with Gasteiger partial charge in [0, 0.05) is 50.6 Å². The van der Waals surface area contributed by atoms with E-state index in [1.807, 2.05) is 24.5 Å². The fourth-order valence-electron chi connectivity index (χ4n) is 4.09. The Bertz CT molecular complexity index is 903. The molecule has 0 saturated carbocycles. The average Bonchev–Trinajstić information content (AvgIpc) is 3.36. The van der Waals surface area contributed by atoms with Gasteiger partial charge in [0.1, 0.15) is 11.8 Å². The van der Waals surface area contributed by atoms with Crippen molar-refractivity contribution in [3.63, 3.8) is 0 Å². The highest BCUT2D eigenvalue weighted by molar-refractivity contribution is 5.90. The number of anilines is 2. The first kappa shape index (κ1) is 20.2. The second-order valence-corrected chi connectivity index (χ2v) is 7.66. The van der Waals surface area contributed by atoms with Crippen LogP contribution in [0.15, 0.2) is 36.7 Å². The van der Waals surface area contributed by atoms with E-state index in [-0.39, 0.29) is 30.4 Å². The van der Waals surface area contributed by atoms with Crippen LogP contribution in [0.3, 0.4) is 0 Å². The van der Waals surface area contributed by atoms with E-state index in [1.165, 1.54) is 24.0 Å². The monoisotopic (exact) mass is 418 g/mol. The fraction of sp³-hybridized carbons (Fsp3) is 0.429. The lowest BCUT2D eigenvalue weighted by Crippen LogP contribution is -2.36. The Morgan fingerprint density at radius 3 is 2.40 bits per heavy atom. The number of amides is 2. The highest BCUT2D eigenvalue weighted by atomic mass is 19.1. The van der Waals surface area contributed by atoms with Crippen molar-refractivity contribution >= 4 is 23.4 Å². The fourth-order valence-corrected chi connectivity index (χ4v) is 4.09. The van der Waals surface area contributed by atoms with E-state index in [0.29, 0.717) is 19.1 Å². The summed E-state index contributed by atoms with van der Waals surface area (Å²) in [6.07, 6.45) is 4.33. The van der Waals surface area contributed by atoms with Crippen molar-refractivity contribution < 1.29 is 23.1 Å². The van der Waals surface area contributed by atoms with Gasteiger partial charge in [-0.1, -0.05) is 0 Å². The SMILES string of the molecule is CC(=O)NCC1CN(c2cc(F)c(N3CCC(n4cccc4)CC3)c(F)c2)C(=O)O1. The minimum Gasteiger partial charge on any atom is -0.442 e. The molecule has 0 spiro atoms. The molecule has 160 valence electrons. The first-order valence-corrected chi connectivity index (χ1v) is 10.0. The number of aromatic nitrogens is 1. The third kappa shape index (κ3) is 4.10. The van der Waals surface area contributed by atoms with Gasteiger partial charge in [-0.25, -0.2) is 13.6 Å². The molecular formula is C21H24F2N4O3. The Labute approximate surface area is 173 Å². The van der Waals surface area contributed by atoms with Crippen molar-refractivity contribution in [3.05, 3.63) is 48.3 Å². The minimum absolute atomic E-state index is 0.0629. The third-order valence-electron chi connectivity index (χ3n) is 5.60. The van der Waals surface area contributed by atoms with Crippen LogP contribution in [-0.4, -0.2) is 48.9 Å². The summed E-state index contributed by atoms with van der Waals surface area (Å²) >= 11 is 0. The first-order valence-electron chi connectivity index (χ1n) is 10.0. The zero-order valence-electron chi connectivity index (χ0n) is 16.7. The number of cyclic esters (lactones) is 1. The predicted molar refractivity (Wildman–Crippen MR) is 108 cm³/mol. The summed E-state index contributed by atoms with van der Waals surface area (Å²) in [6, 6.07) is 6.58. The molecule has 1 atom stereocenters. The van der Waals surface area contributed by atoms with E-state index in [4.69, 9.17) is 4.74 Å². The molecule has 0 radical (unpaired) electrons. The van der Waals surface area contributed by atoms with Crippen LogP contribution in [-0.2, 0) is 9.53 Å². The molecule has 2 fully saturated rings. The van der Waals surface area contributed by atoms with Gasteiger partial charge in [0.15, 0.2) is 11.6 Å². The van der Waals surface area contributed by atoms with Crippen LogP contribution in [0.2, 0.25) is 0 Å². The molecule has 1 N–H and O–H groups in total. The van der Waals surface area contributed by atoms with Crippen LogP contribution in [0.4, 0.5) is 25.0 Å². The largest absolute Gasteiger partial charge is 0.442 e. The van der Waals surface area contributed by atoms with Gasteiger partial charge in [0.2, 0.25) is 5.91 Å². The van der Waals surface area contributed by atoms with Gasteiger partial charge in [-0.15, -0.1) is 0 Å². The second-order valence-electron chi connectivity index (χ2n) is 7.66. The van der Waals surface area contributed by atoms with Crippen LogP contribution in [0, 0.1) is 11.6 Å². The van der Waals surface area contributed by atoms with Crippen LogP contribution in [0.25, 0.3) is 0 Å². The Hall–Kier alpha value is -3.10. The van der Waals surface area contributed by atoms with E-state index in [1.54, 1.807) is 4.90 Å². The zero-order chi connectivity index (χ0) is 21.3. The molecule has 1 aromatic carbocycles. The molecule has 2 aromatic rings.